The first-order valence-corrected chi connectivity index (χ1v) is 5.96. The largest absolute Gasteiger partial charge is 0.453 e. The van der Waals surface area contributed by atoms with E-state index in [9.17, 15) is 5.11 Å². The number of para-hydroxylation sites is 2. The molecule has 1 aromatic rings. The molecule has 1 aromatic carbocycles. The van der Waals surface area contributed by atoms with Crippen molar-refractivity contribution in [2.75, 3.05) is 18.1 Å². The Morgan fingerprint density at radius 3 is 2.83 bits per heavy atom. The SMILES string of the molecule is C=CC1=C(/C=C\C)N(CCO)c2ccccc2O1. The van der Waals surface area contributed by atoms with Crippen molar-refractivity contribution in [3.63, 3.8) is 0 Å². The zero-order valence-corrected chi connectivity index (χ0v) is 10.5. The lowest BCUT2D eigenvalue weighted by Gasteiger charge is -2.32. The molecule has 0 amide bonds. The highest BCUT2D eigenvalue weighted by molar-refractivity contribution is 5.67. The Hall–Kier alpha value is -2.00. The van der Waals surface area contributed by atoms with Crippen LogP contribution in [0.5, 0.6) is 5.75 Å². The summed E-state index contributed by atoms with van der Waals surface area (Å²) in [7, 11) is 0. The highest BCUT2D eigenvalue weighted by Crippen LogP contribution is 2.37. The minimum atomic E-state index is 0.0831. The number of anilines is 1. The summed E-state index contributed by atoms with van der Waals surface area (Å²) >= 11 is 0. The fourth-order valence-corrected chi connectivity index (χ4v) is 2.02. The minimum absolute atomic E-state index is 0.0831. The molecule has 1 aliphatic rings. The number of hydrogen-bond donors (Lipinski definition) is 1. The summed E-state index contributed by atoms with van der Waals surface area (Å²) in [6.45, 7) is 6.34. The monoisotopic (exact) mass is 243 g/mol. The lowest BCUT2D eigenvalue weighted by molar-refractivity contribution is 0.302. The van der Waals surface area contributed by atoms with Crippen molar-refractivity contribution in [2.24, 2.45) is 0 Å². The number of nitrogens with zero attached hydrogens (tertiary/aromatic N) is 1. The van der Waals surface area contributed by atoms with Crippen molar-refractivity contribution < 1.29 is 9.84 Å². The summed E-state index contributed by atoms with van der Waals surface area (Å²) in [6.07, 6.45) is 5.60. The van der Waals surface area contributed by atoms with Crippen LogP contribution < -0.4 is 9.64 Å². The summed E-state index contributed by atoms with van der Waals surface area (Å²) < 4.78 is 5.81. The number of aliphatic hydroxyl groups is 1. The van der Waals surface area contributed by atoms with Crippen molar-refractivity contribution in [2.45, 2.75) is 6.92 Å². The number of aliphatic hydroxyl groups excluding tert-OH is 1. The normalized spacial score (nSPS) is 14.7. The average Bonchev–Trinajstić information content (AvgIpc) is 2.41. The Morgan fingerprint density at radius 1 is 1.39 bits per heavy atom. The fraction of sp³-hybridized carbons (Fsp3) is 0.200. The number of rotatable bonds is 4. The number of ether oxygens (including phenoxy) is 1. The van der Waals surface area contributed by atoms with E-state index in [0.29, 0.717) is 12.3 Å². The number of β-amino-alcohol motifs (C(OH)–C–C–N with tert-alkyl or cyclic N) is 1. The third-order valence-corrected chi connectivity index (χ3v) is 2.75. The molecule has 1 heterocycles. The predicted octanol–water partition coefficient (Wildman–Crippen LogP) is 2.85. The molecule has 0 bridgehead atoms. The van der Waals surface area contributed by atoms with E-state index < -0.39 is 0 Å². The van der Waals surface area contributed by atoms with Gasteiger partial charge in [-0.2, -0.15) is 0 Å². The van der Waals surface area contributed by atoms with Gasteiger partial charge in [0, 0.05) is 6.54 Å². The second-order valence-electron chi connectivity index (χ2n) is 3.90. The Labute approximate surface area is 107 Å². The van der Waals surface area contributed by atoms with Crippen molar-refractivity contribution in [3.8, 4) is 5.75 Å². The molecule has 0 aromatic heterocycles. The van der Waals surface area contributed by atoms with Gasteiger partial charge in [-0.05, 0) is 31.2 Å². The van der Waals surface area contributed by atoms with E-state index in [2.05, 4.69) is 6.58 Å². The molecule has 1 aliphatic heterocycles. The third-order valence-electron chi connectivity index (χ3n) is 2.75. The van der Waals surface area contributed by atoms with E-state index in [1.165, 1.54) is 0 Å². The molecule has 0 saturated carbocycles. The second-order valence-corrected chi connectivity index (χ2v) is 3.90. The van der Waals surface area contributed by atoms with Gasteiger partial charge in [-0.15, -0.1) is 0 Å². The summed E-state index contributed by atoms with van der Waals surface area (Å²) in [5.41, 5.74) is 1.88. The number of allylic oxidation sites excluding steroid dienone is 3. The molecule has 0 spiro atoms. The Bertz CT molecular complexity index is 503. The molecule has 3 nitrogen and oxygen atoms in total. The Morgan fingerprint density at radius 2 is 2.17 bits per heavy atom. The maximum absolute atomic E-state index is 9.23. The van der Waals surface area contributed by atoms with Crippen LogP contribution in [0.15, 0.2) is 60.5 Å². The number of fused-ring (bicyclic) bond motifs is 1. The van der Waals surface area contributed by atoms with Crippen LogP contribution in [0.3, 0.4) is 0 Å². The highest BCUT2D eigenvalue weighted by Gasteiger charge is 2.23. The predicted molar refractivity (Wildman–Crippen MR) is 73.5 cm³/mol. The zero-order chi connectivity index (χ0) is 13.0. The first-order valence-electron chi connectivity index (χ1n) is 5.96. The minimum Gasteiger partial charge on any atom is -0.453 e. The van der Waals surface area contributed by atoms with Gasteiger partial charge in [-0.1, -0.05) is 24.8 Å². The third kappa shape index (κ3) is 2.17. The zero-order valence-electron chi connectivity index (χ0n) is 10.5. The van der Waals surface area contributed by atoms with Crippen molar-refractivity contribution in [3.05, 3.63) is 60.5 Å². The van der Waals surface area contributed by atoms with Gasteiger partial charge < -0.3 is 14.7 Å². The quantitative estimate of drug-likeness (QED) is 0.882. The van der Waals surface area contributed by atoms with E-state index in [1.54, 1.807) is 6.08 Å². The topological polar surface area (TPSA) is 32.7 Å². The summed E-state index contributed by atoms with van der Waals surface area (Å²) in [5, 5.41) is 9.23. The molecule has 0 unspecified atom stereocenters. The molecule has 0 fully saturated rings. The van der Waals surface area contributed by atoms with Crippen LogP contribution in [0.2, 0.25) is 0 Å². The first-order chi connectivity index (χ1) is 8.81. The van der Waals surface area contributed by atoms with Gasteiger partial charge in [-0.25, -0.2) is 0 Å². The summed E-state index contributed by atoms with van der Waals surface area (Å²) in [4.78, 5) is 2.04. The van der Waals surface area contributed by atoms with Crippen LogP contribution in [-0.4, -0.2) is 18.3 Å². The maximum Gasteiger partial charge on any atom is 0.151 e. The summed E-state index contributed by atoms with van der Waals surface area (Å²) in [6, 6.07) is 7.78. The molecule has 2 rings (SSSR count). The smallest absolute Gasteiger partial charge is 0.151 e. The maximum atomic E-state index is 9.23. The van der Waals surface area contributed by atoms with Gasteiger partial charge >= 0.3 is 0 Å². The molecule has 94 valence electrons. The molecular weight excluding hydrogens is 226 g/mol. The van der Waals surface area contributed by atoms with Crippen molar-refractivity contribution in [1.29, 1.82) is 0 Å². The average molecular weight is 243 g/mol. The van der Waals surface area contributed by atoms with Crippen LogP contribution in [0, 0.1) is 0 Å². The van der Waals surface area contributed by atoms with Gasteiger partial charge in [0.05, 0.1) is 18.0 Å². The van der Waals surface area contributed by atoms with E-state index in [4.69, 9.17) is 4.74 Å². The van der Waals surface area contributed by atoms with Crippen molar-refractivity contribution in [1.82, 2.24) is 0 Å². The Kier molecular flexibility index (Phi) is 3.85. The second kappa shape index (κ2) is 5.56. The van der Waals surface area contributed by atoms with Crippen molar-refractivity contribution >= 4 is 5.69 Å². The molecule has 0 aliphatic carbocycles. The summed E-state index contributed by atoms with van der Waals surface area (Å²) in [5.74, 6) is 1.49. The van der Waals surface area contributed by atoms with E-state index >= 15 is 0 Å². The fourth-order valence-electron chi connectivity index (χ4n) is 2.02. The molecular formula is C15H17NO2. The van der Waals surface area contributed by atoms with Crippen LogP contribution >= 0.6 is 0 Å². The molecule has 0 atom stereocenters. The van der Waals surface area contributed by atoms with Crippen LogP contribution in [0.4, 0.5) is 5.69 Å². The molecule has 3 heteroatoms. The highest BCUT2D eigenvalue weighted by atomic mass is 16.5. The number of benzene rings is 1. The molecule has 18 heavy (non-hydrogen) atoms. The van der Waals surface area contributed by atoms with Crippen LogP contribution in [-0.2, 0) is 0 Å². The van der Waals surface area contributed by atoms with Crippen LogP contribution in [0.25, 0.3) is 0 Å². The molecule has 0 radical (unpaired) electrons. The van der Waals surface area contributed by atoms with Gasteiger partial charge in [0.15, 0.2) is 11.5 Å². The first kappa shape index (κ1) is 12.5. The van der Waals surface area contributed by atoms with Crippen LogP contribution in [0.1, 0.15) is 6.92 Å². The van der Waals surface area contributed by atoms with Gasteiger partial charge in [0.25, 0.3) is 0 Å². The molecule has 1 N–H and O–H groups in total. The van der Waals surface area contributed by atoms with Gasteiger partial charge in [-0.3, -0.25) is 0 Å². The lowest BCUT2D eigenvalue weighted by Crippen LogP contribution is -2.30. The standard InChI is InChI=1S/C15H17NO2/c1-3-7-12-14(4-2)18-15-9-6-5-8-13(15)16(12)10-11-17/h3-9,17H,2,10-11H2,1H3/b7-3-. The van der Waals surface area contributed by atoms with E-state index in [1.807, 2.05) is 48.2 Å². The number of hydrogen-bond acceptors (Lipinski definition) is 3. The molecule has 0 saturated heterocycles. The van der Waals surface area contributed by atoms with Gasteiger partial charge in [0.2, 0.25) is 0 Å². The van der Waals surface area contributed by atoms with E-state index in [-0.39, 0.29) is 6.61 Å². The lowest BCUT2D eigenvalue weighted by atomic mass is 10.1. The van der Waals surface area contributed by atoms with E-state index in [0.717, 1.165) is 17.1 Å². The Balaban J connectivity index is 2.53. The van der Waals surface area contributed by atoms with Gasteiger partial charge in [0.1, 0.15) is 0 Å².